The predicted octanol–water partition coefficient (Wildman–Crippen LogP) is 14.3. The van der Waals surface area contributed by atoms with Crippen molar-refractivity contribution in [3.8, 4) is 61.8 Å². The van der Waals surface area contributed by atoms with E-state index in [1.165, 1.54) is 47.6 Å². The molecule has 11 rings (SSSR count). The summed E-state index contributed by atoms with van der Waals surface area (Å²) in [4.78, 5) is 10.4. The molecule has 0 atom stereocenters. The van der Waals surface area contributed by atoms with Gasteiger partial charge in [-0.15, -0.1) is 11.3 Å². The summed E-state index contributed by atoms with van der Waals surface area (Å²) in [6.07, 6.45) is 0. The lowest BCUT2D eigenvalue weighted by Crippen LogP contribution is -1.97. The third-order valence-corrected chi connectivity index (χ3v) is 12.0. The molecule has 4 heteroatoms. The number of aromatic nitrogens is 3. The van der Waals surface area contributed by atoms with E-state index in [1.807, 2.05) is 29.5 Å². The highest BCUT2D eigenvalue weighted by Crippen LogP contribution is 2.39. The molecule has 0 aliphatic carbocycles. The van der Waals surface area contributed by atoms with Crippen LogP contribution < -0.4 is 0 Å². The minimum Gasteiger partial charge on any atom is -0.309 e. The van der Waals surface area contributed by atoms with Crippen LogP contribution in [0.4, 0.5) is 0 Å². The average molecular weight is 732 g/mol. The van der Waals surface area contributed by atoms with E-state index < -0.39 is 0 Å². The standard InChI is InChI=1S/C52H33N3S/c1-3-12-34(13-4-1)35-22-24-36(25-23-35)38-16-11-17-39(30-38)46-33-47(54-52(53-46)37-14-5-2-6-15-37)40-26-28-43-42-18-7-9-20-48(42)55(49(43)31-40)41-27-29-51-45(32-41)44-19-8-10-21-50(44)56-51/h1-33H. The lowest BCUT2D eigenvalue weighted by molar-refractivity contribution is 1.17. The SMILES string of the molecule is c1ccc(-c2ccc(-c3cccc(-c4cc(-c5ccc6c7ccccc7n(-c7ccc8sc9ccccc9c8c7)c6c5)nc(-c5ccccc5)n4)c3)cc2)cc1. The Morgan fingerprint density at radius 2 is 0.875 bits per heavy atom. The molecule has 0 saturated heterocycles. The zero-order chi connectivity index (χ0) is 37.0. The van der Waals surface area contributed by atoms with E-state index in [4.69, 9.17) is 9.97 Å². The van der Waals surface area contributed by atoms with E-state index in [0.717, 1.165) is 50.4 Å². The molecule has 0 radical (unpaired) electrons. The first-order valence-electron chi connectivity index (χ1n) is 18.9. The summed E-state index contributed by atoms with van der Waals surface area (Å²) in [6.45, 7) is 0. The van der Waals surface area contributed by atoms with Gasteiger partial charge in [-0.25, -0.2) is 9.97 Å². The Kier molecular flexibility index (Phi) is 7.68. The lowest BCUT2D eigenvalue weighted by Gasteiger charge is -2.12. The van der Waals surface area contributed by atoms with Crippen LogP contribution in [0.25, 0.3) is 104 Å². The summed E-state index contributed by atoms with van der Waals surface area (Å²) < 4.78 is 5.02. The Morgan fingerprint density at radius 1 is 0.321 bits per heavy atom. The maximum atomic E-state index is 5.23. The molecule has 0 amide bonds. The molecule has 3 heterocycles. The minimum atomic E-state index is 0.700. The fraction of sp³-hybridized carbons (Fsp3) is 0. The highest BCUT2D eigenvalue weighted by Gasteiger charge is 2.17. The quantitative estimate of drug-likeness (QED) is 0.170. The predicted molar refractivity (Wildman–Crippen MR) is 236 cm³/mol. The van der Waals surface area contributed by atoms with Crippen molar-refractivity contribution in [2.24, 2.45) is 0 Å². The molecular formula is C52H33N3S. The highest BCUT2D eigenvalue weighted by molar-refractivity contribution is 7.25. The maximum Gasteiger partial charge on any atom is 0.160 e. The fourth-order valence-electron chi connectivity index (χ4n) is 8.06. The van der Waals surface area contributed by atoms with E-state index in [-0.39, 0.29) is 0 Å². The highest BCUT2D eigenvalue weighted by atomic mass is 32.1. The van der Waals surface area contributed by atoms with Gasteiger partial charge in [-0.05, 0) is 70.8 Å². The maximum absolute atomic E-state index is 5.23. The van der Waals surface area contributed by atoms with Crippen LogP contribution in [0.1, 0.15) is 0 Å². The number of rotatable bonds is 6. The van der Waals surface area contributed by atoms with Crippen LogP contribution in [0.2, 0.25) is 0 Å². The summed E-state index contributed by atoms with van der Waals surface area (Å²) in [7, 11) is 0. The molecule has 0 N–H and O–H groups in total. The van der Waals surface area contributed by atoms with Crippen molar-refractivity contribution in [2.45, 2.75) is 0 Å². The van der Waals surface area contributed by atoms with E-state index >= 15 is 0 Å². The van der Waals surface area contributed by atoms with Crippen molar-refractivity contribution in [1.29, 1.82) is 0 Å². The second-order valence-corrected chi connectivity index (χ2v) is 15.3. The first-order chi connectivity index (χ1) is 27.7. The molecule has 0 bridgehead atoms. The normalized spacial score (nSPS) is 11.6. The smallest absolute Gasteiger partial charge is 0.160 e. The van der Waals surface area contributed by atoms with E-state index in [9.17, 15) is 0 Å². The molecule has 11 aromatic rings. The van der Waals surface area contributed by atoms with Gasteiger partial charge in [0.05, 0.1) is 22.4 Å². The van der Waals surface area contributed by atoms with E-state index in [2.05, 4.69) is 187 Å². The Hall–Kier alpha value is -7.14. The summed E-state index contributed by atoms with van der Waals surface area (Å²) in [6, 6.07) is 71.5. The molecule has 0 saturated carbocycles. The van der Waals surface area contributed by atoms with E-state index in [1.54, 1.807) is 0 Å². The van der Waals surface area contributed by atoms with Gasteiger partial charge in [0, 0.05) is 53.3 Å². The number of hydrogen-bond donors (Lipinski definition) is 0. The molecule has 0 unspecified atom stereocenters. The molecule has 0 spiro atoms. The Labute approximate surface area is 328 Å². The Bertz CT molecular complexity index is 3230. The second-order valence-electron chi connectivity index (χ2n) is 14.2. The van der Waals surface area contributed by atoms with Gasteiger partial charge in [0.1, 0.15) is 0 Å². The van der Waals surface area contributed by atoms with Crippen LogP contribution in [-0.4, -0.2) is 14.5 Å². The Morgan fingerprint density at radius 3 is 1.66 bits per heavy atom. The van der Waals surface area contributed by atoms with Gasteiger partial charge < -0.3 is 4.57 Å². The van der Waals surface area contributed by atoms with Crippen LogP contribution in [0.5, 0.6) is 0 Å². The molecule has 3 nitrogen and oxygen atoms in total. The number of fused-ring (bicyclic) bond motifs is 6. The van der Waals surface area contributed by atoms with Crippen molar-refractivity contribution in [3.63, 3.8) is 0 Å². The number of benzene rings is 8. The first-order valence-corrected chi connectivity index (χ1v) is 19.7. The molecule has 56 heavy (non-hydrogen) atoms. The van der Waals surface area contributed by atoms with Gasteiger partial charge in [0.25, 0.3) is 0 Å². The molecular weight excluding hydrogens is 699 g/mol. The fourth-order valence-corrected chi connectivity index (χ4v) is 9.15. The van der Waals surface area contributed by atoms with Gasteiger partial charge in [-0.2, -0.15) is 0 Å². The van der Waals surface area contributed by atoms with Crippen LogP contribution in [-0.2, 0) is 0 Å². The number of thiophene rings is 1. The second kappa shape index (κ2) is 13.3. The molecule has 0 aliphatic rings. The molecule has 0 aliphatic heterocycles. The van der Waals surface area contributed by atoms with Crippen molar-refractivity contribution in [3.05, 3.63) is 200 Å². The topological polar surface area (TPSA) is 30.7 Å². The minimum absolute atomic E-state index is 0.700. The van der Waals surface area contributed by atoms with Gasteiger partial charge in [0.15, 0.2) is 5.82 Å². The lowest BCUT2D eigenvalue weighted by atomic mass is 9.98. The van der Waals surface area contributed by atoms with Crippen molar-refractivity contribution < 1.29 is 0 Å². The van der Waals surface area contributed by atoms with Gasteiger partial charge in [-0.3, -0.25) is 0 Å². The number of nitrogens with zero attached hydrogens (tertiary/aromatic N) is 3. The van der Waals surface area contributed by atoms with Crippen molar-refractivity contribution in [1.82, 2.24) is 14.5 Å². The largest absolute Gasteiger partial charge is 0.309 e. The van der Waals surface area contributed by atoms with Crippen LogP contribution in [0, 0.1) is 0 Å². The summed E-state index contributed by atoms with van der Waals surface area (Å²) in [5.41, 5.74) is 13.0. The molecule has 3 aromatic heterocycles. The molecule has 0 fully saturated rings. The van der Waals surface area contributed by atoms with Crippen LogP contribution in [0.3, 0.4) is 0 Å². The monoisotopic (exact) mass is 731 g/mol. The summed E-state index contributed by atoms with van der Waals surface area (Å²) in [5, 5.41) is 5.02. The van der Waals surface area contributed by atoms with Crippen molar-refractivity contribution >= 4 is 53.3 Å². The number of para-hydroxylation sites is 1. The summed E-state index contributed by atoms with van der Waals surface area (Å²) in [5.74, 6) is 0.700. The van der Waals surface area contributed by atoms with Crippen molar-refractivity contribution in [2.75, 3.05) is 0 Å². The van der Waals surface area contributed by atoms with Crippen LogP contribution >= 0.6 is 11.3 Å². The zero-order valence-electron chi connectivity index (χ0n) is 30.3. The van der Waals surface area contributed by atoms with E-state index in [0.29, 0.717) is 5.82 Å². The first kappa shape index (κ1) is 32.3. The zero-order valence-corrected chi connectivity index (χ0v) is 31.1. The van der Waals surface area contributed by atoms with Gasteiger partial charge in [-0.1, -0.05) is 152 Å². The van der Waals surface area contributed by atoms with Gasteiger partial charge in [0.2, 0.25) is 0 Å². The van der Waals surface area contributed by atoms with Gasteiger partial charge >= 0.3 is 0 Å². The Balaban J connectivity index is 1.06. The number of hydrogen-bond acceptors (Lipinski definition) is 3. The molecule has 262 valence electrons. The average Bonchev–Trinajstić information content (AvgIpc) is 3.82. The van der Waals surface area contributed by atoms with Crippen LogP contribution in [0.15, 0.2) is 200 Å². The summed E-state index contributed by atoms with van der Waals surface area (Å²) >= 11 is 1.85. The third kappa shape index (κ3) is 5.58. The molecule has 8 aromatic carbocycles. The third-order valence-electron chi connectivity index (χ3n) is 10.8.